The fourth-order valence-corrected chi connectivity index (χ4v) is 6.14. The molecule has 3 aromatic carbocycles. The van der Waals surface area contributed by atoms with Crippen molar-refractivity contribution in [2.45, 2.75) is 43.6 Å². The summed E-state index contributed by atoms with van der Waals surface area (Å²) in [5, 5.41) is 9.33. The Kier molecular flexibility index (Phi) is 7.76. The summed E-state index contributed by atoms with van der Waals surface area (Å²) in [5.41, 5.74) is -3.64. The summed E-state index contributed by atoms with van der Waals surface area (Å²) in [6.45, 7) is 2.33. The predicted molar refractivity (Wildman–Crippen MR) is 138 cm³/mol. The molecule has 41 heavy (non-hydrogen) atoms. The molecule has 0 saturated heterocycles. The first-order valence-corrected chi connectivity index (χ1v) is 13.7. The minimum atomic E-state index is -4.83. The number of sulfonamides is 1. The molecule has 0 bridgehead atoms. The summed E-state index contributed by atoms with van der Waals surface area (Å²) in [6.07, 6.45) is -10.7. The summed E-state index contributed by atoms with van der Waals surface area (Å²) in [4.78, 5) is 11.0. The highest BCUT2D eigenvalue weighted by Gasteiger charge is 2.40. The second kappa shape index (κ2) is 10.4. The van der Waals surface area contributed by atoms with Crippen LogP contribution in [0.5, 0.6) is 5.75 Å². The van der Waals surface area contributed by atoms with Crippen molar-refractivity contribution in [1.29, 1.82) is 0 Å². The molecule has 0 amide bonds. The zero-order valence-electron chi connectivity index (χ0n) is 21.3. The molecule has 0 aliphatic carbocycles. The molecule has 0 radical (unpaired) electrons. The van der Waals surface area contributed by atoms with E-state index in [9.17, 15) is 44.7 Å². The SMILES string of the molecule is CC(C)(CC1CN(S(=O)(=O)c2cccc(C(F)(F)F)c2)c2cc(-c3cc(Cl)cc(C(F)(F)F)c3)ccc2O1)C(=O)O. The molecule has 1 aliphatic rings. The van der Waals surface area contributed by atoms with Gasteiger partial charge in [0.05, 0.1) is 33.7 Å². The minimum absolute atomic E-state index is 0.00169. The Morgan fingerprint density at radius 3 is 2.22 bits per heavy atom. The lowest BCUT2D eigenvalue weighted by Crippen LogP contribution is -2.46. The van der Waals surface area contributed by atoms with Crippen LogP contribution in [-0.4, -0.2) is 32.1 Å². The predicted octanol–water partition coefficient (Wildman–Crippen LogP) is 7.50. The third-order valence-electron chi connectivity index (χ3n) is 6.52. The van der Waals surface area contributed by atoms with Gasteiger partial charge in [0.25, 0.3) is 10.0 Å². The van der Waals surface area contributed by atoms with E-state index < -0.39 is 62.4 Å². The van der Waals surface area contributed by atoms with Gasteiger partial charge in [0.15, 0.2) is 0 Å². The lowest BCUT2D eigenvalue weighted by Gasteiger charge is -2.38. The van der Waals surface area contributed by atoms with Gasteiger partial charge >= 0.3 is 18.3 Å². The Bertz CT molecular complexity index is 1600. The van der Waals surface area contributed by atoms with E-state index in [-0.39, 0.29) is 34.0 Å². The number of halogens is 7. The molecule has 1 heterocycles. The fraction of sp³-hybridized carbons (Fsp3) is 0.296. The molecule has 220 valence electrons. The van der Waals surface area contributed by atoms with Crippen molar-refractivity contribution in [3.8, 4) is 16.9 Å². The first kappa shape index (κ1) is 30.5. The van der Waals surface area contributed by atoms with E-state index >= 15 is 0 Å². The monoisotopic (exact) mass is 621 g/mol. The van der Waals surface area contributed by atoms with Crippen LogP contribution < -0.4 is 9.04 Å². The van der Waals surface area contributed by atoms with Gasteiger partial charge in [-0.1, -0.05) is 23.7 Å². The summed E-state index contributed by atoms with van der Waals surface area (Å²) < 4.78 is 115. The van der Waals surface area contributed by atoms with E-state index in [0.29, 0.717) is 12.1 Å². The largest absolute Gasteiger partial charge is 0.486 e. The molecule has 0 spiro atoms. The number of fused-ring (bicyclic) bond motifs is 1. The van der Waals surface area contributed by atoms with Crippen LogP contribution in [0.3, 0.4) is 0 Å². The van der Waals surface area contributed by atoms with E-state index in [1.54, 1.807) is 0 Å². The number of aliphatic carboxylic acids is 1. The average molecular weight is 622 g/mol. The summed E-state index contributed by atoms with van der Waals surface area (Å²) in [6, 6.07) is 9.77. The maximum Gasteiger partial charge on any atom is 0.416 e. The van der Waals surface area contributed by atoms with Gasteiger partial charge in [-0.25, -0.2) is 8.42 Å². The van der Waals surface area contributed by atoms with Gasteiger partial charge in [-0.2, -0.15) is 26.3 Å². The molecule has 0 fully saturated rings. The highest BCUT2D eigenvalue weighted by atomic mass is 35.5. The van der Waals surface area contributed by atoms with Gasteiger partial charge in [-0.15, -0.1) is 0 Å². The van der Waals surface area contributed by atoms with Crippen LogP contribution in [0.2, 0.25) is 5.02 Å². The van der Waals surface area contributed by atoms with Crippen LogP contribution in [0.25, 0.3) is 11.1 Å². The van der Waals surface area contributed by atoms with E-state index in [2.05, 4.69) is 0 Å². The Balaban J connectivity index is 1.87. The molecule has 6 nitrogen and oxygen atoms in total. The third kappa shape index (κ3) is 6.40. The van der Waals surface area contributed by atoms with Gasteiger partial charge in [0.1, 0.15) is 11.9 Å². The van der Waals surface area contributed by atoms with Crippen molar-refractivity contribution in [3.63, 3.8) is 0 Å². The van der Waals surface area contributed by atoms with Crippen LogP contribution in [0, 0.1) is 5.41 Å². The second-order valence-corrected chi connectivity index (χ2v) is 12.4. The zero-order valence-corrected chi connectivity index (χ0v) is 22.9. The topological polar surface area (TPSA) is 83.9 Å². The van der Waals surface area contributed by atoms with Gasteiger partial charge in [-0.3, -0.25) is 9.10 Å². The number of anilines is 1. The molecule has 0 aromatic heterocycles. The molecular weight excluding hydrogens is 600 g/mol. The average Bonchev–Trinajstić information content (AvgIpc) is 2.86. The third-order valence-corrected chi connectivity index (χ3v) is 8.51. The molecule has 1 atom stereocenters. The first-order chi connectivity index (χ1) is 18.8. The van der Waals surface area contributed by atoms with Crippen molar-refractivity contribution in [2.75, 3.05) is 10.8 Å². The fourth-order valence-electron chi connectivity index (χ4n) is 4.36. The number of hydrogen-bond acceptors (Lipinski definition) is 4. The Hall–Kier alpha value is -3.45. The molecule has 1 unspecified atom stereocenters. The molecule has 1 aliphatic heterocycles. The van der Waals surface area contributed by atoms with Crippen molar-refractivity contribution in [2.24, 2.45) is 5.41 Å². The maximum absolute atomic E-state index is 13.8. The molecule has 3 aromatic rings. The summed E-state index contributed by atoms with van der Waals surface area (Å²) in [7, 11) is -4.71. The number of ether oxygens (including phenoxy) is 1. The smallest absolute Gasteiger partial charge is 0.416 e. The van der Waals surface area contributed by atoms with Crippen molar-refractivity contribution >= 4 is 33.3 Å². The Morgan fingerprint density at radius 2 is 1.61 bits per heavy atom. The number of benzene rings is 3. The maximum atomic E-state index is 13.8. The van der Waals surface area contributed by atoms with Gasteiger partial charge < -0.3 is 9.84 Å². The lowest BCUT2D eigenvalue weighted by atomic mass is 9.86. The van der Waals surface area contributed by atoms with E-state index in [1.807, 2.05) is 0 Å². The van der Waals surface area contributed by atoms with Crippen LogP contribution >= 0.6 is 11.6 Å². The van der Waals surface area contributed by atoms with Crippen LogP contribution in [-0.2, 0) is 27.2 Å². The van der Waals surface area contributed by atoms with Crippen LogP contribution in [0.1, 0.15) is 31.4 Å². The highest BCUT2D eigenvalue weighted by Crippen LogP contribution is 2.43. The number of carboxylic acid groups (broad SMARTS) is 1. The number of carboxylic acids is 1. The van der Waals surface area contributed by atoms with E-state index in [1.165, 1.54) is 38.1 Å². The highest BCUT2D eigenvalue weighted by molar-refractivity contribution is 7.92. The molecule has 0 saturated carbocycles. The standard InChI is InChI=1S/C27H22ClF6NO5S/c1-25(2,24(36)37)13-20-14-35(41(38,39)21-5-3-4-17(12-21)26(29,30)31)22-10-15(6-7-23(22)40-20)16-8-18(27(32,33)34)11-19(28)9-16/h3-12,20H,13-14H2,1-2H3,(H,36,37). The number of nitrogens with zero attached hydrogens (tertiary/aromatic N) is 1. The van der Waals surface area contributed by atoms with E-state index in [4.69, 9.17) is 16.3 Å². The second-order valence-electron chi connectivity index (χ2n) is 10.1. The van der Waals surface area contributed by atoms with Crippen molar-refractivity contribution in [3.05, 3.63) is 76.8 Å². The number of rotatable bonds is 6. The summed E-state index contributed by atoms with van der Waals surface area (Å²) in [5.74, 6) is -1.24. The van der Waals surface area contributed by atoms with Gasteiger partial charge in [0.2, 0.25) is 0 Å². The number of carbonyl (C=O) groups is 1. The van der Waals surface area contributed by atoms with Crippen molar-refractivity contribution in [1.82, 2.24) is 0 Å². The summed E-state index contributed by atoms with van der Waals surface area (Å²) >= 11 is 5.92. The molecule has 1 N–H and O–H groups in total. The lowest BCUT2D eigenvalue weighted by molar-refractivity contribution is -0.148. The van der Waals surface area contributed by atoms with Crippen molar-refractivity contribution < 1.29 is 49.4 Å². The minimum Gasteiger partial charge on any atom is -0.486 e. The van der Waals surface area contributed by atoms with Crippen LogP contribution in [0.15, 0.2) is 65.6 Å². The van der Waals surface area contributed by atoms with E-state index in [0.717, 1.165) is 28.6 Å². The van der Waals surface area contributed by atoms with Gasteiger partial charge in [0, 0.05) is 11.4 Å². The Morgan fingerprint density at radius 1 is 0.951 bits per heavy atom. The molecule has 4 rings (SSSR count). The number of hydrogen-bond donors (Lipinski definition) is 1. The molecule has 14 heteroatoms. The van der Waals surface area contributed by atoms with Crippen LogP contribution in [0.4, 0.5) is 32.0 Å². The first-order valence-electron chi connectivity index (χ1n) is 11.9. The Labute approximate surface area is 236 Å². The van der Waals surface area contributed by atoms with Gasteiger partial charge in [-0.05, 0) is 73.5 Å². The normalized spacial score (nSPS) is 16.2. The molecular formula is C27H22ClF6NO5S. The number of alkyl halides is 6. The zero-order chi connectivity index (χ0) is 30.5. The quantitative estimate of drug-likeness (QED) is 0.288.